The van der Waals surface area contributed by atoms with Crippen LogP contribution in [0.25, 0.3) is 11.3 Å². The molecule has 1 saturated heterocycles. The zero-order valence-electron chi connectivity index (χ0n) is 20.0. The van der Waals surface area contributed by atoms with Crippen LogP contribution in [0, 0.1) is 24.2 Å². The number of hydrogen-bond acceptors (Lipinski definition) is 7. The number of thiazole rings is 1. The number of aromatic nitrogens is 1. The number of halogens is 2. The minimum atomic E-state index is -2.97. The molecule has 1 aromatic carbocycles. The fourth-order valence-corrected chi connectivity index (χ4v) is 7.49. The number of alkyl halides is 2. The van der Waals surface area contributed by atoms with Gasteiger partial charge in [0.1, 0.15) is 5.54 Å². The lowest BCUT2D eigenvalue weighted by atomic mass is 9.75. The summed E-state index contributed by atoms with van der Waals surface area (Å²) in [5.74, 6) is -4.49. The number of nitrogens with zero attached hydrogens (tertiary/aromatic N) is 3. The van der Waals surface area contributed by atoms with E-state index in [4.69, 9.17) is 4.98 Å². The second-order valence-corrected chi connectivity index (χ2v) is 13.7. The number of nitriles is 1. The van der Waals surface area contributed by atoms with Crippen molar-refractivity contribution in [2.24, 2.45) is 5.92 Å². The maximum absolute atomic E-state index is 14.4. The lowest BCUT2D eigenvalue weighted by Gasteiger charge is -2.35. The third-order valence-corrected chi connectivity index (χ3v) is 10.1. The van der Waals surface area contributed by atoms with Gasteiger partial charge in [0.25, 0.3) is 0 Å². The quantitative estimate of drug-likeness (QED) is 0.621. The molecule has 2 aromatic rings. The average Bonchev–Trinajstić information content (AvgIpc) is 3.50. The summed E-state index contributed by atoms with van der Waals surface area (Å²) in [5.41, 5.74) is 1.53. The monoisotopic (exact) mass is 534 g/mol. The molecule has 2 saturated carbocycles. The molecule has 3 fully saturated rings. The zero-order chi connectivity index (χ0) is 25.7. The molecule has 1 N–H and O–H groups in total. The molecule has 5 rings (SSSR count). The molecule has 0 radical (unpaired) electrons. The number of aryl methyl sites for hydroxylation is 1. The average molecular weight is 535 g/mol. The predicted molar refractivity (Wildman–Crippen MR) is 134 cm³/mol. The van der Waals surface area contributed by atoms with Crippen LogP contribution in [-0.2, 0) is 14.6 Å². The number of benzene rings is 1. The molecule has 7 nitrogen and oxygen atoms in total. The molecule has 2 heterocycles. The van der Waals surface area contributed by atoms with Crippen LogP contribution in [0.3, 0.4) is 0 Å². The number of nitrogens with one attached hydrogen (secondary N) is 1. The first-order valence-electron chi connectivity index (χ1n) is 12.1. The zero-order valence-corrected chi connectivity index (χ0v) is 21.6. The Morgan fingerprint density at radius 2 is 1.86 bits per heavy atom. The summed E-state index contributed by atoms with van der Waals surface area (Å²) in [6, 6.07) is 9.79. The highest BCUT2D eigenvalue weighted by atomic mass is 32.2. The molecule has 1 aromatic heterocycles. The van der Waals surface area contributed by atoms with Gasteiger partial charge in [-0.05, 0) is 38.3 Å². The number of amides is 1. The summed E-state index contributed by atoms with van der Waals surface area (Å²) >= 11 is 1.43. The van der Waals surface area contributed by atoms with Crippen molar-refractivity contribution in [2.75, 3.05) is 29.5 Å². The molecule has 1 aliphatic heterocycles. The maximum Gasteiger partial charge on any atom is 0.249 e. The standard InChI is InChI=1S/C25H28F2N4O3S2/c1-16-29-21(17-2-4-18(5-3-17)31-10-12-36(33,34)13-11-31)22(35-16)19-6-7-25(26,27)14-20(19)23(32)30-24(15-28)8-9-24/h2-5,19-20H,6-14H2,1H3,(H,30,32)/t19-,20-/m1/s1. The van der Waals surface area contributed by atoms with E-state index in [-0.39, 0.29) is 24.3 Å². The maximum atomic E-state index is 14.4. The predicted octanol–water partition coefficient (Wildman–Crippen LogP) is 4.04. The number of sulfone groups is 1. The topological polar surface area (TPSA) is 103 Å². The molecular weight excluding hydrogens is 506 g/mol. The fourth-order valence-electron chi connectivity index (χ4n) is 5.14. The Kier molecular flexibility index (Phi) is 6.32. The molecule has 0 unspecified atom stereocenters. The molecule has 0 bridgehead atoms. The minimum absolute atomic E-state index is 0.132. The number of hydrogen-bond donors (Lipinski definition) is 1. The van der Waals surface area contributed by atoms with E-state index >= 15 is 0 Å². The van der Waals surface area contributed by atoms with Gasteiger partial charge < -0.3 is 10.2 Å². The Balaban J connectivity index is 1.41. The first kappa shape index (κ1) is 25.1. The van der Waals surface area contributed by atoms with Gasteiger partial charge in [0.15, 0.2) is 9.84 Å². The summed E-state index contributed by atoms with van der Waals surface area (Å²) in [7, 11) is -2.97. The van der Waals surface area contributed by atoms with Crippen molar-refractivity contribution in [1.82, 2.24) is 10.3 Å². The summed E-state index contributed by atoms with van der Waals surface area (Å²) in [5, 5.41) is 12.9. The van der Waals surface area contributed by atoms with Crippen molar-refractivity contribution >= 4 is 32.8 Å². The highest BCUT2D eigenvalue weighted by Crippen LogP contribution is 2.49. The van der Waals surface area contributed by atoms with Gasteiger partial charge in [0.2, 0.25) is 11.8 Å². The van der Waals surface area contributed by atoms with Gasteiger partial charge in [-0.15, -0.1) is 11.3 Å². The van der Waals surface area contributed by atoms with Crippen molar-refractivity contribution in [1.29, 1.82) is 5.26 Å². The first-order valence-corrected chi connectivity index (χ1v) is 14.8. The molecule has 3 aliphatic rings. The Morgan fingerprint density at radius 3 is 2.47 bits per heavy atom. The van der Waals surface area contributed by atoms with Crippen LogP contribution in [0.4, 0.5) is 14.5 Å². The first-order chi connectivity index (χ1) is 17.0. The fraction of sp³-hybridized carbons (Fsp3) is 0.560. The van der Waals surface area contributed by atoms with Crippen molar-refractivity contribution in [3.05, 3.63) is 34.2 Å². The third-order valence-electron chi connectivity index (χ3n) is 7.44. The number of carbonyl (C=O) groups excluding carboxylic acids is 1. The van der Waals surface area contributed by atoms with Crippen LogP contribution in [-0.4, -0.2) is 55.4 Å². The van der Waals surface area contributed by atoms with Gasteiger partial charge in [0.05, 0.1) is 34.2 Å². The smallest absolute Gasteiger partial charge is 0.249 e. The molecule has 36 heavy (non-hydrogen) atoms. The Bertz CT molecular complexity index is 1300. The van der Waals surface area contributed by atoms with E-state index in [0.717, 1.165) is 21.1 Å². The molecular formula is C25H28F2N4O3S2. The van der Waals surface area contributed by atoms with E-state index in [1.54, 1.807) is 0 Å². The van der Waals surface area contributed by atoms with E-state index in [2.05, 4.69) is 11.4 Å². The van der Waals surface area contributed by atoms with Crippen LogP contribution in [0.1, 0.15) is 47.9 Å². The van der Waals surface area contributed by atoms with Crippen LogP contribution < -0.4 is 10.2 Å². The molecule has 11 heteroatoms. The van der Waals surface area contributed by atoms with Gasteiger partial charge in [-0.1, -0.05) is 12.1 Å². The SMILES string of the molecule is Cc1nc(-c2ccc(N3CCS(=O)(=O)CC3)cc2)c([C@@H]2CCC(F)(F)C[C@H]2C(=O)NC2(C#N)CC2)s1. The highest BCUT2D eigenvalue weighted by Gasteiger charge is 2.50. The largest absolute Gasteiger partial charge is 0.369 e. The van der Waals surface area contributed by atoms with Crippen molar-refractivity contribution < 1.29 is 22.0 Å². The minimum Gasteiger partial charge on any atom is -0.369 e. The molecule has 2 aliphatic carbocycles. The van der Waals surface area contributed by atoms with E-state index < -0.39 is 45.5 Å². The van der Waals surface area contributed by atoms with Crippen LogP contribution in [0.2, 0.25) is 0 Å². The second kappa shape index (κ2) is 9.06. The van der Waals surface area contributed by atoms with Crippen LogP contribution >= 0.6 is 11.3 Å². The lowest BCUT2D eigenvalue weighted by molar-refractivity contribution is -0.134. The molecule has 1 amide bonds. The lowest BCUT2D eigenvalue weighted by Crippen LogP contribution is -2.45. The Hall–Kier alpha value is -2.58. The van der Waals surface area contributed by atoms with Gasteiger partial charge in [-0.3, -0.25) is 4.79 Å². The van der Waals surface area contributed by atoms with E-state index in [1.807, 2.05) is 36.1 Å². The summed E-state index contributed by atoms with van der Waals surface area (Å²) < 4.78 is 52.4. The summed E-state index contributed by atoms with van der Waals surface area (Å²) in [6.45, 7) is 2.75. The van der Waals surface area contributed by atoms with Gasteiger partial charge >= 0.3 is 0 Å². The van der Waals surface area contributed by atoms with Gasteiger partial charge in [0, 0.05) is 48.0 Å². The van der Waals surface area contributed by atoms with E-state index in [0.29, 0.717) is 31.6 Å². The molecule has 0 spiro atoms. The van der Waals surface area contributed by atoms with Gasteiger partial charge in [-0.2, -0.15) is 5.26 Å². The normalized spacial score (nSPS) is 26.1. The second-order valence-electron chi connectivity index (χ2n) is 10.1. The number of rotatable bonds is 5. The van der Waals surface area contributed by atoms with E-state index in [1.165, 1.54) is 11.3 Å². The van der Waals surface area contributed by atoms with Gasteiger partial charge in [-0.25, -0.2) is 22.2 Å². The number of anilines is 1. The Labute approximate surface area is 213 Å². The van der Waals surface area contributed by atoms with Crippen molar-refractivity contribution in [3.63, 3.8) is 0 Å². The van der Waals surface area contributed by atoms with E-state index in [9.17, 15) is 27.3 Å². The summed E-state index contributed by atoms with van der Waals surface area (Å²) in [6.07, 6.45) is 0.419. The molecule has 2 atom stereocenters. The Morgan fingerprint density at radius 1 is 1.19 bits per heavy atom. The molecule has 192 valence electrons. The van der Waals surface area contributed by atoms with Crippen LogP contribution in [0.5, 0.6) is 0 Å². The summed E-state index contributed by atoms with van der Waals surface area (Å²) in [4.78, 5) is 20.7. The van der Waals surface area contributed by atoms with Crippen LogP contribution in [0.15, 0.2) is 24.3 Å². The third kappa shape index (κ3) is 5.11. The van der Waals surface area contributed by atoms with Crippen molar-refractivity contribution in [3.8, 4) is 17.3 Å². The highest BCUT2D eigenvalue weighted by molar-refractivity contribution is 7.91. The van der Waals surface area contributed by atoms with Crippen molar-refractivity contribution in [2.45, 2.75) is 56.4 Å². The number of carbonyl (C=O) groups is 1.